The summed E-state index contributed by atoms with van der Waals surface area (Å²) in [5.74, 6) is -0.287. The molecule has 1 fully saturated rings. The van der Waals surface area contributed by atoms with E-state index in [1.807, 2.05) is 6.92 Å². The van der Waals surface area contributed by atoms with Gasteiger partial charge in [-0.3, -0.25) is 9.59 Å². The van der Waals surface area contributed by atoms with Crippen molar-refractivity contribution in [1.29, 1.82) is 0 Å². The zero-order valence-electron chi connectivity index (χ0n) is 12.4. The van der Waals surface area contributed by atoms with Crippen molar-refractivity contribution < 1.29 is 9.59 Å². The summed E-state index contributed by atoms with van der Waals surface area (Å²) in [5, 5.41) is 6.03. The third-order valence-electron chi connectivity index (χ3n) is 3.65. The van der Waals surface area contributed by atoms with Crippen LogP contribution < -0.4 is 10.6 Å². The molecular weight excluding hydrogens is 242 g/mol. The predicted octanol–water partition coefficient (Wildman–Crippen LogP) is 0.749. The minimum atomic E-state index is -0.460. The van der Waals surface area contributed by atoms with Gasteiger partial charge in [0.05, 0.1) is 0 Å². The quantitative estimate of drug-likeness (QED) is 0.740. The molecule has 1 rings (SSSR count). The lowest BCUT2D eigenvalue weighted by molar-refractivity contribution is -0.146. The van der Waals surface area contributed by atoms with Crippen molar-refractivity contribution in [2.24, 2.45) is 5.92 Å². The van der Waals surface area contributed by atoms with E-state index < -0.39 is 5.91 Å². The first-order chi connectivity index (χ1) is 9.04. The van der Waals surface area contributed by atoms with Crippen molar-refractivity contribution in [3.05, 3.63) is 0 Å². The number of hydrogen-bond acceptors (Lipinski definition) is 3. The summed E-state index contributed by atoms with van der Waals surface area (Å²) in [6, 6.07) is 0.0523. The molecule has 0 aromatic rings. The van der Waals surface area contributed by atoms with Crippen LogP contribution in [0, 0.1) is 5.92 Å². The van der Waals surface area contributed by atoms with E-state index in [2.05, 4.69) is 24.5 Å². The molecule has 2 amide bonds. The van der Waals surface area contributed by atoms with Crippen LogP contribution in [0.3, 0.4) is 0 Å². The first-order valence-corrected chi connectivity index (χ1v) is 7.35. The molecule has 19 heavy (non-hydrogen) atoms. The minimum absolute atomic E-state index is 0.0523. The molecule has 110 valence electrons. The minimum Gasteiger partial charge on any atom is -0.345 e. The summed E-state index contributed by atoms with van der Waals surface area (Å²) < 4.78 is 0. The molecule has 0 aromatic carbocycles. The monoisotopic (exact) mass is 269 g/mol. The molecule has 1 aliphatic heterocycles. The van der Waals surface area contributed by atoms with E-state index in [-0.39, 0.29) is 11.9 Å². The van der Waals surface area contributed by atoms with Crippen molar-refractivity contribution in [3.8, 4) is 0 Å². The molecule has 0 spiro atoms. The Labute approximate surface area is 116 Å². The van der Waals surface area contributed by atoms with Crippen LogP contribution in [0.2, 0.25) is 0 Å². The molecule has 0 radical (unpaired) electrons. The number of hydrogen-bond donors (Lipinski definition) is 2. The molecule has 0 saturated carbocycles. The van der Waals surface area contributed by atoms with Gasteiger partial charge in [-0.05, 0) is 32.2 Å². The lowest BCUT2D eigenvalue weighted by Crippen LogP contribution is -2.47. The average molecular weight is 269 g/mol. The molecule has 2 atom stereocenters. The normalized spacial score (nSPS) is 19.4. The Morgan fingerprint density at radius 2 is 2.00 bits per heavy atom. The fourth-order valence-electron chi connectivity index (χ4n) is 2.31. The van der Waals surface area contributed by atoms with Crippen molar-refractivity contribution in [2.45, 2.75) is 46.1 Å². The molecule has 1 aliphatic rings. The van der Waals surface area contributed by atoms with Crippen molar-refractivity contribution in [2.75, 3.05) is 26.2 Å². The van der Waals surface area contributed by atoms with Crippen LogP contribution in [0.5, 0.6) is 0 Å². The molecular formula is C14H27N3O2. The zero-order chi connectivity index (χ0) is 14.3. The van der Waals surface area contributed by atoms with Gasteiger partial charge in [0.1, 0.15) is 0 Å². The molecule has 0 aromatic heterocycles. The second kappa shape index (κ2) is 8.15. The number of carbonyl (C=O) groups is 2. The first kappa shape index (κ1) is 16.0. The zero-order valence-corrected chi connectivity index (χ0v) is 12.4. The van der Waals surface area contributed by atoms with E-state index in [0.717, 1.165) is 32.4 Å². The maximum atomic E-state index is 12.0. The van der Waals surface area contributed by atoms with Gasteiger partial charge in [0.2, 0.25) is 0 Å². The number of nitrogens with zero attached hydrogens (tertiary/aromatic N) is 1. The fourth-order valence-corrected chi connectivity index (χ4v) is 2.31. The van der Waals surface area contributed by atoms with Crippen LogP contribution in [0.25, 0.3) is 0 Å². The summed E-state index contributed by atoms with van der Waals surface area (Å²) in [6.07, 6.45) is 2.91. The van der Waals surface area contributed by atoms with Gasteiger partial charge < -0.3 is 15.5 Å². The lowest BCUT2D eigenvalue weighted by Gasteiger charge is -2.22. The summed E-state index contributed by atoms with van der Waals surface area (Å²) in [7, 11) is 0. The Morgan fingerprint density at radius 1 is 1.26 bits per heavy atom. The second-order valence-corrected chi connectivity index (χ2v) is 5.52. The van der Waals surface area contributed by atoms with E-state index in [1.165, 1.54) is 0 Å². The number of nitrogens with one attached hydrogen (secondary N) is 2. The summed E-state index contributed by atoms with van der Waals surface area (Å²) >= 11 is 0. The molecule has 0 aliphatic carbocycles. The highest BCUT2D eigenvalue weighted by Gasteiger charge is 2.23. The maximum absolute atomic E-state index is 12.0. The first-order valence-electron chi connectivity index (χ1n) is 7.35. The molecule has 5 heteroatoms. The van der Waals surface area contributed by atoms with Gasteiger partial charge in [-0.2, -0.15) is 0 Å². The molecule has 1 saturated heterocycles. The van der Waals surface area contributed by atoms with Crippen LogP contribution in [0.1, 0.15) is 40.0 Å². The third kappa shape index (κ3) is 5.59. The second-order valence-electron chi connectivity index (χ2n) is 5.52. The molecule has 5 nitrogen and oxygen atoms in total. The van der Waals surface area contributed by atoms with Crippen molar-refractivity contribution >= 4 is 11.8 Å². The van der Waals surface area contributed by atoms with E-state index in [4.69, 9.17) is 0 Å². The predicted molar refractivity (Wildman–Crippen MR) is 75.7 cm³/mol. The van der Waals surface area contributed by atoms with E-state index >= 15 is 0 Å². The van der Waals surface area contributed by atoms with Crippen LogP contribution in [-0.4, -0.2) is 48.9 Å². The Bertz CT molecular complexity index is 299. The Morgan fingerprint density at radius 3 is 2.68 bits per heavy atom. The maximum Gasteiger partial charge on any atom is 0.311 e. The SMILES string of the molecule is CCC(C)CC(C)NC(=O)C(=O)N1CCCNCC1. The fraction of sp³-hybridized carbons (Fsp3) is 0.857. The Hall–Kier alpha value is -1.10. The highest BCUT2D eigenvalue weighted by Crippen LogP contribution is 2.09. The Kier molecular flexibility index (Phi) is 6.84. The smallest absolute Gasteiger partial charge is 0.311 e. The van der Waals surface area contributed by atoms with Gasteiger partial charge in [0, 0.05) is 25.7 Å². The van der Waals surface area contributed by atoms with Crippen LogP contribution in [0.15, 0.2) is 0 Å². The molecule has 0 bridgehead atoms. The summed E-state index contributed by atoms with van der Waals surface area (Å²) in [5.41, 5.74) is 0. The van der Waals surface area contributed by atoms with Crippen molar-refractivity contribution in [3.63, 3.8) is 0 Å². The van der Waals surface area contributed by atoms with E-state index in [9.17, 15) is 9.59 Å². The standard InChI is InChI=1S/C14H27N3O2/c1-4-11(2)10-12(3)16-13(18)14(19)17-8-5-6-15-7-9-17/h11-12,15H,4-10H2,1-3H3,(H,16,18). The topological polar surface area (TPSA) is 61.4 Å². The highest BCUT2D eigenvalue weighted by atomic mass is 16.2. The Balaban J connectivity index is 2.40. The van der Waals surface area contributed by atoms with Crippen LogP contribution in [0.4, 0.5) is 0 Å². The van der Waals surface area contributed by atoms with Gasteiger partial charge in [0.15, 0.2) is 0 Å². The molecule has 2 N–H and O–H groups in total. The summed E-state index contributed by atoms with van der Waals surface area (Å²) in [4.78, 5) is 25.6. The third-order valence-corrected chi connectivity index (χ3v) is 3.65. The van der Waals surface area contributed by atoms with Gasteiger partial charge in [-0.15, -0.1) is 0 Å². The highest BCUT2D eigenvalue weighted by molar-refractivity contribution is 6.35. The van der Waals surface area contributed by atoms with Gasteiger partial charge in [-0.25, -0.2) is 0 Å². The molecule has 1 heterocycles. The number of rotatable bonds is 4. The lowest BCUT2D eigenvalue weighted by atomic mass is 10.0. The average Bonchev–Trinajstić information content (AvgIpc) is 2.66. The van der Waals surface area contributed by atoms with Crippen molar-refractivity contribution in [1.82, 2.24) is 15.5 Å². The largest absolute Gasteiger partial charge is 0.345 e. The number of carbonyl (C=O) groups excluding carboxylic acids is 2. The van der Waals surface area contributed by atoms with Gasteiger partial charge in [0.25, 0.3) is 0 Å². The van der Waals surface area contributed by atoms with Crippen LogP contribution in [-0.2, 0) is 9.59 Å². The molecule has 2 unspecified atom stereocenters. The van der Waals surface area contributed by atoms with E-state index in [1.54, 1.807) is 4.90 Å². The van der Waals surface area contributed by atoms with E-state index in [0.29, 0.717) is 19.0 Å². The number of amides is 2. The van der Waals surface area contributed by atoms with Gasteiger partial charge >= 0.3 is 11.8 Å². The van der Waals surface area contributed by atoms with Gasteiger partial charge in [-0.1, -0.05) is 20.3 Å². The van der Waals surface area contributed by atoms with Crippen LogP contribution >= 0.6 is 0 Å². The summed E-state index contributed by atoms with van der Waals surface area (Å²) in [6.45, 7) is 9.21.